The highest BCUT2D eigenvalue weighted by molar-refractivity contribution is 9.10. The van der Waals surface area contributed by atoms with Gasteiger partial charge < -0.3 is 20.5 Å². The Bertz CT molecular complexity index is 801. The topological polar surface area (TPSA) is 91.5 Å². The number of hydrogen-bond donors (Lipinski definition) is 3. The molecule has 1 heterocycles. The van der Waals surface area contributed by atoms with E-state index in [9.17, 15) is 4.79 Å². The maximum Gasteiger partial charge on any atom is 0.226 e. The van der Waals surface area contributed by atoms with E-state index in [4.69, 9.17) is 4.52 Å². The summed E-state index contributed by atoms with van der Waals surface area (Å²) in [7, 11) is 1.68. The van der Waals surface area contributed by atoms with Crippen LogP contribution in [0.1, 0.15) is 43.2 Å². The number of aryl methyl sites for hydroxylation is 1. The molecule has 0 spiro atoms. The minimum atomic E-state index is -0.0593. The number of guanidine groups is 1. The maximum atomic E-state index is 12.1. The van der Waals surface area contributed by atoms with Crippen molar-refractivity contribution in [1.82, 2.24) is 15.8 Å². The lowest BCUT2D eigenvalue weighted by atomic mass is 10.1. The van der Waals surface area contributed by atoms with E-state index in [1.165, 1.54) is 0 Å². The zero-order valence-electron chi connectivity index (χ0n) is 16.1. The molecule has 0 fully saturated rings. The minimum Gasteiger partial charge on any atom is -0.359 e. The van der Waals surface area contributed by atoms with E-state index in [0.29, 0.717) is 31.4 Å². The number of carbonyl (C=O) groups excluding carboxylic acids is 1. The smallest absolute Gasteiger partial charge is 0.226 e. The van der Waals surface area contributed by atoms with Crippen LogP contribution in [0.2, 0.25) is 0 Å². The van der Waals surface area contributed by atoms with Gasteiger partial charge in [-0.1, -0.05) is 41.0 Å². The van der Waals surface area contributed by atoms with Crippen LogP contribution < -0.4 is 16.0 Å². The van der Waals surface area contributed by atoms with E-state index in [1.807, 2.05) is 31.2 Å². The fraction of sp³-hybridized carbons (Fsp3) is 0.421. The van der Waals surface area contributed by atoms with Crippen molar-refractivity contribution in [2.45, 2.75) is 39.7 Å². The molecule has 1 amide bonds. The van der Waals surface area contributed by atoms with E-state index in [1.54, 1.807) is 7.05 Å². The van der Waals surface area contributed by atoms with Crippen LogP contribution in [-0.4, -0.2) is 30.6 Å². The number of aromatic nitrogens is 1. The maximum absolute atomic E-state index is 12.1. The number of carbonyl (C=O) groups is 1. The predicted molar refractivity (Wildman–Crippen MR) is 111 cm³/mol. The number of benzene rings is 1. The van der Waals surface area contributed by atoms with Crippen LogP contribution in [0.3, 0.4) is 0 Å². The van der Waals surface area contributed by atoms with Crippen molar-refractivity contribution in [3.63, 3.8) is 0 Å². The molecule has 8 heteroatoms. The Morgan fingerprint density at radius 2 is 2.07 bits per heavy atom. The van der Waals surface area contributed by atoms with Crippen LogP contribution in [-0.2, 0) is 11.3 Å². The highest BCUT2D eigenvalue weighted by atomic mass is 79.9. The molecule has 1 aromatic carbocycles. The first-order chi connectivity index (χ1) is 12.9. The average molecular weight is 436 g/mol. The second-order valence-corrected chi connectivity index (χ2v) is 7.40. The van der Waals surface area contributed by atoms with Crippen molar-refractivity contribution in [3.8, 4) is 0 Å². The molecule has 0 saturated heterocycles. The first-order valence-electron chi connectivity index (χ1n) is 8.85. The van der Waals surface area contributed by atoms with Crippen LogP contribution in [0.5, 0.6) is 0 Å². The van der Waals surface area contributed by atoms with Gasteiger partial charge in [0.15, 0.2) is 11.7 Å². The summed E-state index contributed by atoms with van der Waals surface area (Å²) in [4.78, 5) is 16.3. The summed E-state index contributed by atoms with van der Waals surface area (Å²) in [6.45, 7) is 7.03. The summed E-state index contributed by atoms with van der Waals surface area (Å²) >= 11 is 3.41. The summed E-state index contributed by atoms with van der Waals surface area (Å²) < 4.78 is 6.22. The van der Waals surface area contributed by atoms with Crippen molar-refractivity contribution in [2.75, 3.05) is 18.9 Å². The lowest BCUT2D eigenvalue weighted by molar-refractivity contribution is -0.116. The van der Waals surface area contributed by atoms with Crippen molar-refractivity contribution in [1.29, 1.82) is 0 Å². The van der Waals surface area contributed by atoms with Crippen LogP contribution in [0.25, 0.3) is 0 Å². The third-order valence-electron chi connectivity index (χ3n) is 3.94. The van der Waals surface area contributed by atoms with Gasteiger partial charge in [-0.05, 0) is 30.5 Å². The number of nitrogens with one attached hydrogen (secondary N) is 3. The molecule has 0 aliphatic carbocycles. The molecule has 0 radical (unpaired) electrons. The number of aliphatic imine (C=N–C) groups is 1. The normalized spacial score (nSPS) is 11.6. The fourth-order valence-corrected chi connectivity index (χ4v) is 2.67. The Morgan fingerprint density at radius 3 is 2.74 bits per heavy atom. The van der Waals surface area contributed by atoms with Crippen LogP contribution in [0.4, 0.5) is 5.69 Å². The zero-order chi connectivity index (χ0) is 19.8. The van der Waals surface area contributed by atoms with Crippen molar-refractivity contribution >= 4 is 33.5 Å². The van der Waals surface area contributed by atoms with Gasteiger partial charge in [0.25, 0.3) is 0 Å². The standard InChI is InChI=1S/C19H26BrN5O2/c1-12(2)16-10-15(27-25-16)11-23-19(21-4)22-8-7-18(26)24-17-9-14(20)6-5-13(17)3/h5-6,9-10,12H,7-8,11H2,1-4H3,(H,24,26)(H2,21,22,23). The number of amides is 1. The molecule has 27 heavy (non-hydrogen) atoms. The van der Waals surface area contributed by atoms with Gasteiger partial charge in [-0.3, -0.25) is 9.79 Å². The number of nitrogens with zero attached hydrogens (tertiary/aromatic N) is 2. The van der Waals surface area contributed by atoms with E-state index in [-0.39, 0.29) is 5.91 Å². The summed E-state index contributed by atoms with van der Waals surface area (Å²) in [5, 5.41) is 13.2. The highest BCUT2D eigenvalue weighted by Gasteiger charge is 2.09. The van der Waals surface area contributed by atoms with Gasteiger partial charge in [0, 0.05) is 36.2 Å². The molecular formula is C19H26BrN5O2. The molecule has 3 N–H and O–H groups in total. The monoisotopic (exact) mass is 435 g/mol. The van der Waals surface area contributed by atoms with Crippen LogP contribution in [0.15, 0.2) is 38.3 Å². The second kappa shape index (κ2) is 10.1. The van der Waals surface area contributed by atoms with Crippen molar-refractivity contribution < 1.29 is 9.32 Å². The summed E-state index contributed by atoms with van der Waals surface area (Å²) in [5.74, 6) is 1.61. The minimum absolute atomic E-state index is 0.0593. The molecule has 0 atom stereocenters. The summed E-state index contributed by atoms with van der Waals surface area (Å²) in [6, 6.07) is 7.72. The van der Waals surface area contributed by atoms with E-state index < -0.39 is 0 Å². The number of halogens is 1. The molecule has 0 aliphatic heterocycles. The van der Waals surface area contributed by atoms with Crippen LogP contribution >= 0.6 is 15.9 Å². The van der Waals surface area contributed by atoms with Crippen LogP contribution in [0, 0.1) is 6.92 Å². The first kappa shape index (κ1) is 21.0. The summed E-state index contributed by atoms with van der Waals surface area (Å²) in [6.07, 6.45) is 0.326. The van der Waals surface area contributed by atoms with Gasteiger partial charge in [-0.15, -0.1) is 0 Å². The highest BCUT2D eigenvalue weighted by Crippen LogP contribution is 2.20. The third kappa shape index (κ3) is 6.71. The lowest BCUT2D eigenvalue weighted by Gasteiger charge is -2.12. The van der Waals surface area contributed by atoms with E-state index in [0.717, 1.165) is 27.2 Å². The van der Waals surface area contributed by atoms with Gasteiger partial charge in [-0.2, -0.15) is 0 Å². The van der Waals surface area contributed by atoms with Crippen molar-refractivity contribution in [2.24, 2.45) is 4.99 Å². The molecule has 7 nitrogen and oxygen atoms in total. The Morgan fingerprint density at radius 1 is 1.30 bits per heavy atom. The SMILES string of the molecule is CN=C(NCCC(=O)Nc1cc(Br)ccc1C)NCc1cc(C(C)C)no1. The van der Waals surface area contributed by atoms with Crippen molar-refractivity contribution in [3.05, 3.63) is 45.8 Å². The zero-order valence-corrected chi connectivity index (χ0v) is 17.7. The largest absolute Gasteiger partial charge is 0.359 e. The first-order valence-corrected chi connectivity index (χ1v) is 9.64. The molecule has 0 saturated carbocycles. The Balaban J connectivity index is 1.75. The Kier molecular flexibility index (Phi) is 7.84. The van der Waals surface area contributed by atoms with Gasteiger partial charge in [0.05, 0.1) is 12.2 Å². The van der Waals surface area contributed by atoms with E-state index in [2.05, 4.69) is 55.9 Å². The molecule has 0 unspecified atom stereocenters. The number of rotatable bonds is 7. The lowest BCUT2D eigenvalue weighted by Crippen LogP contribution is -2.38. The van der Waals surface area contributed by atoms with Gasteiger partial charge in [0.1, 0.15) is 0 Å². The third-order valence-corrected chi connectivity index (χ3v) is 4.43. The van der Waals surface area contributed by atoms with Gasteiger partial charge >= 0.3 is 0 Å². The number of hydrogen-bond acceptors (Lipinski definition) is 4. The molecule has 0 bridgehead atoms. The molecule has 0 aliphatic rings. The van der Waals surface area contributed by atoms with Gasteiger partial charge in [-0.25, -0.2) is 0 Å². The average Bonchev–Trinajstić information content (AvgIpc) is 3.10. The molecule has 2 aromatic rings. The molecular weight excluding hydrogens is 410 g/mol. The molecule has 1 aromatic heterocycles. The van der Waals surface area contributed by atoms with Gasteiger partial charge in [0.2, 0.25) is 5.91 Å². The second-order valence-electron chi connectivity index (χ2n) is 6.48. The molecule has 2 rings (SSSR count). The Hall–Kier alpha value is -2.35. The summed E-state index contributed by atoms with van der Waals surface area (Å²) in [5.41, 5.74) is 2.75. The number of anilines is 1. The molecule has 146 valence electrons. The van der Waals surface area contributed by atoms with E-state index >= 15 is 0 Å². The predicted octanol–water partition coefficient (Wildman–Crippen LogP) is 3.56. The fourth-order valence-electron chi connectivity index (χ4n) is 2.31. The quantitative estimate of drug-likeness (QED) is 0.456. The Labute approximate surface area is 168 Å².